The molecule has 0 fully saturated rings. The molecule has 0 saturated heterocycles. The first-order valence-corrected chi connectivity index (χ1v) is 5.71. The SMILES string of the molecule is CC(=O)CNC(=O)c1cc2cccc(O)c2cc1O. The van der Waals surface area contributed by atoms with Crippen LogP contribution in [0.15, 0.2) is 30.3 Å². The van der Waals surface area contributed by atoms with Gasteiger partial charge in [-0.05, 0) is 30.5 Å². The number of carbonyl (C=O) groups excluding carboxylic acids is 2. The van der Waals surface area contributed by atoms with E-state index < -0.39 is 5.91 Å². The summed E-state index contributed by atoms with van der Waals surface area (Å²) in [5, 5.41) is 23.0. The molecule has 3 N–H and O–H groups in total. The molecule has 0 radical (unpaired) electrons. The minimum Gasteiger partial charge on any atom is -0.507 e. The van der Waals surface area contributed by atoms with Crippen LogP contribution in [0.3, 0.4) is 0 Å². The molecule has 0 atom stereocenters. The zero-order valence-corrected chi connectivity index (χ0v) is 10.3. The Balaban J connectivity index is 2.41. The van der Waals surface area contributed by atoms with Gasteiger partial charge in [0, 0.05) is 5.39 Å². The maximum absolute atomic E-state index is 11.8. The number of nitrogens with one attached hydrogen (secondary N) is 1. The van der Waals surface area contributed by atoms with E-state index in [-0.39, 0.29) is 29.4 Å². The first-order chi connectivity index (χ1) is 8.99. The summed E-state index contributed by atoms with van der Waals surface area (Å²) in [5.74, 6) is -0.914. The highest BCUT2D eigenvalue weighted by Gasteiger charge is 2.13. The van der Waals surface area contributed by atoms with Crippen LogP contribution < -0.4 is 5.32 Å². The summed E-state index contributed by atoms with van der Waals surface area (Å²) in [4.78, 5) is 22.6. The first kappa shape index (κ1) is 12.9. The van der Waals surface area contributed by atoms with E-state index in [1.807, 2.05) is 0 Å². The molecule has 0 aromatic heterocycles. The van der Waals surface area contributed by atoms with Gasteiger partial charge in [0.05, 0.1) is 12.1 Å². The third kappa shape index (κ3) is 2.65. The average molecular weight is 259 g/mol. The van der Waals surface area contributed by atoms with Crippen molar-refractivity contribution < 1.29 is 19.8 Å². The van der Waals surface area contributed by atoms with Gasteiger partial charge in [-0.2, -0.15) is 0 Å². The maximum atomic E-state index is 11.8. The molecule has 2 aromatic rings. The van der Waals surface area contributed by atoms with E-state index in [0.717, 1.165) is 0 Å². The summed E-state index contributed by atoms with van der Waals surface area (Å²) in [5.41, 5.74) is 0.0688. The molecule has 1 amide bonds. The molecule has 5 heteroatoms. The number of amides is 1. The zero-order valence-electron chi connectivity index (χ0n) is 10.3. The highest BCUT2D eigenvalue weighted by Crippen LogP contribution is 2.30. The number of ketones is 1. The lowest BCUT2D eigenvalue weighted by Gasteiger charge is -2.08. The molecule has 2 aromatic carbocycles. The van der Waals surface area contributed by atoms with Crippen LogP contribution in [-0.2, 0) is 4.79 Å². The summed E-state index contributed by atoms with van der Waals surface area (Å²) in [6, 6.07) is 7.66. The van der Waals surface area contributed by atoms with Crippen LogP contribution in [0.5, 0.6) is 11.5 Å². The van der Waals surface area contributed by atoms with Crippen molar-refractivity contribution in [3.63, 3.8) is 0 Å². The van der Waals surface area contributed by atoms with Crippen molar-refractivity contribution in [3.05, 3.63) is 35.9 Å². The predicted molar refractivity (Wildman–Crippen MR) is 70.3 cm³/mol. The normalized spacial score (nSPS) is 10.4. The zero-order chi connectivity index (χ0) is 14.0. The van der Waals surface area contributed by atoms with Gasteiger partial charge in [-0.3, -0.25) is 9.59 Å². The van der Waals surface area contributed by atoms with Crippen LogP contribution in [0.2, 0.25) is 0 Å². The molecule has 0 heterocycles. The molecular weight excluding hydrogens is 246 g/mol. The second-order valence-corrected chi connectivity index (χ2v) is 4.25. The summed E-state index contributed by atoms with van der Waals surface area (Å²) >= 11 is 0. The number of aromatic hydroxyl groups is 2. The van der Waals surface area contributed by atoms with Crippen LogP contribution in [0.4, 0.5) is 0 Å². The Labute approximate surface area is 109 Å². The number of benzene rings is 2. The second-order valence-electron chi connectivity index (χ2n) is 4.25. The van der Waals surface area contributed by atoms with Gasteiger partial charge in [0.15, 0.2) is 0 Å². The number of fused-ring (bicyclic) bond motifs is 1. The molecule has 0 bridgehead atoms. The Morgan fingerprint density at radius 2 is 1.89 bits per heavy atom. The van der Waals surface area contributed by atoms with Gasteiger partial charge in [0.25, 0.3) is 5.91 Å². The lowest BCUT2D eigenvalue weighted by Crippen LogP contribution is -2.28. The summed E-state index contributed by atoms with van der Waals surface area (Å²) < 4.78 is 0. The predicted octanol–water partition coefficient (Wildman–Crippen LogP) is 1.57. The molecule has 0 aliphatic heterocycles. The van der Waals surface area contributed by atoms with Crippen molar-refractivity contribution in [2.24, 2.45) is 0 Å². The third-order valence-electron chi connectivity index (χ3n) is 2.72. The van der Waals surface area contributed by atoms with E-state index in [2.05, 4.69) is 5.32 Å². The van der Waals surface area contributed by atoms with Crippen molar-refractivity contribution in [1.29, 1.82) is 0 Å². The molecule has 0 spiro atoms. The van der Waals surface area contributed by atoms with Crippen LogP contribution >= 0.6 is 0 Å². The van der Waals surface area contributed by atoms with Crippen molar-refractivity contribution in [2.45, 2.75) is 6.92 Å². The largest absolute Gasteiger partial charge is 0.507 e. The molecule has 98 valence electrons. The standard InChI is InChI=1S/C14H13NO4/c1-8(16)7-15-14(19)11-5-9-3-2-4-12(17)10(9)6-13(11)18/h2-6,17-18H,7H2,1H3,(H,15,19). The summed E-state index contributed by atoms with van der Waals surface area (Å²) in [6.07, 6.45) is 0. The van der Waals surface area contributed by atoms with Gasteiger partial charge in [-0.25, -0.2) is 0 Å². The van der Waals surface area contributed by atoms with Gasteiger partial charge in [0.2, 0.25) is 0 Å². The molecule has 0 aliphatic rings. The highest BCUT2D eigenvalue weighted by atomic mass is 16.3. The van der Waals surface area contributed by atoms with E-state index in [0.29, 0.717) is 10.8 Å². The van der Waals surface area contributed by atoms with E-state index in [9.17, 15) is 19.8 Å². The number of phenolic OH excluding ortho intramolecular Hbond substituents is 2. The third-order valence-corrected chi connectivity index (χ3v) is 2.72. The van der Waals surface area contributed by atoms with Gasteiger partial charge in [0.1, 0.15) is 17.3 Å². The van der Waals surface area contributed by atoms with Gasteiger partial charge in [-0.1, -0.05) is 12.1 Å². The number of carbonyl (C=O) groups is 2. The molecule has 0 unspecified atom stereocenters. The summed E-state index contributed by atoms with van der Waals surface area (Å²) in [7, 11) is 0. The Morgan fingerprint density at radius 3 is 2.58 bits per heavy atom. The summed E-state index contributed by atoms with van der Waals surface area (Å²) in [6.45, 7) is 1.27. The minimum absolute atomic E-state index is 0.0310. The van der Waals surface area contributed by atoms with Gasteiger partial charge >= 0.3 is 0 Å². The van der Waals surface area contributed by atoms with Crippen LogP contribution in [0.1, 0.15) is 17.3 Å². The quantitative estimate of drug-likeness (QED) is 0.780. The first-order valence-electron chi connectivity index (χ1n) is 5.71. The van der Waals surface area contributed by atoms with E-state index in [1.165, 1.54) is 25.1 Å². The van der Waals surface area contributed by atoms with Crippen molar-refractivity contribution in [3.8, 4) is 11.5 Å². The maximum Gasteiger partial charge on any atom is 0.255 e. The van der Waals surface area contributed by atoms with Gasteiger partial charge in [-0.15, -0.1) is 0 Å². The molecular formula is C14H13NO4. The van der Waals surface area contributed by atoms with Gasteiger partial charge < -0.3 is 15.5 Å². The van der Waals surface area contributed by atoms with Crippen LogP contribution in [0.25, 0.3) is 10.8 Å². The Kier molecular flexibility index (Phi) is 3.37. The lowest BCUT2D eigenvalue weighted by atomic mass is 10.0. The Morgan fingerprint density at radius 1 is 1.16 bits per heavy atom. The lowest BCUT2D eigenvalue weighted by molar-refractivity contribution is -0.116. The smallest absolute Gasteiger partial charge is 0.255 e. The number of Topliss-reactive ketones (excluding diaryl/α,β-unsaturated/α-hetero) is 1. The fourth-order valence-electron chi connectivity index (χ4n) is 1.78. The number of phenols is 2. The van der Waals surface area contributed by atoms with Crippen molar-refractivity contribution in [2.75, 3.05) is 6.54 Å². The number of hydrogen-bond donors (Lipinski definition) is 3. The fraction of sp³-hybridized carbons (Fsp3) is 0.143. The monoisotopic (exact) mass is 259 g/mol. The minimum atomic E-state index is -0.530. The molecule has 0 saturated carbocycles. The number of hydrogen-bond acceptors (Lipinski definition) is 4. The molecule has 2 rings (SSSR count). The fourth-order valence-corrected chi connectivity index (χ4v) is 1.78. The van der Waals surface area contributed by atoms with E-state index in [4.69, 9.17) is 0 Å². The second kappa shape index (κ2) is 4.97. The average Bonchev–Trinajstić information content (AvgIpc) is 2.36. The van der Waals surface area contributed by atoms with Crippen molar-refractivity contribution >= 4 is 22.5 Å². The van der Waals surface area contributed by atoms with E-state index >= 15 is 0 Å². The molecule has 19 heavy (non-hydrogen) atoms. The molecule has 5 nitrogen and oxygen atoms in total. The topological polar surface area (TPSA) is 86.6 Å². The molecule has 0 aliphatic carbocycles. The van der Waals surface area contributed by atoms with E-state index in [1.54, 1.807) is 12.1 Å². The van der Waals surface area contributed by atoms with Crippen molar-refractivity contribution in [1.82, 2.24) is 5.32 Å². The Bertz CT molecular complexity index is 664. The Hall–Kier alpha value is -2.56. The number of rotatable bonds is 3. The highest BCUT2D eigenvalue weighted by molar-refractivity contribution is 6.03. The van der Waals surface area contributed by atoms with Crippen LogP contribution in [0, 0.1) is 0 Å². The van der Waals surface area contributed by atoms with Crippen LogP contribution in [-0.4, -0.2) is 28.4 Å².